The predicted molar refractivity (Wildman–Crippen MR) is 134 cm³/mol. The summed E-state index contributed by atoms with van der Waals surface area (Å²) in [5.41, 5.74) is 0.924. The molecule has 9 heteroatoms. The van der Waals surface area contributed by atoms with Gasteiger partial charge < -0.3 is 29.1 Å². The fraction of sp³-hybridized carbons (Fsp3) is 0.107. The monoisotopic (exact) mass is 497 g/mol. The van der Waals surface area contributed by atoms with Crippen LogP contribution in [0.3, 0.4) is 0 Å². The number of H-pyrrole nitrogens is 1. The number of pyridine rings is 1. The van der Waals surface area contributed by atoms with E-state index in [9.17, 15) is 24.6 Å². The zero-order valence-corrected chi connectivity index (χ0v) is 19.4. The molecular formula is C28H19NO8. The quantitative estimate of drug-likeness (QED) is 0.249. The number of fused-ring (bicyclic) bond motifs is 4. The first-order valence-electron chi connectivity index (χ1n) is 11.4. The fourth-order valence-corrected chi connectivity index (χ4v) is 4.83. The van der Waals surface area contributed by atoms with Crippen molar-refractivity contribution in [3.8, 4) is 34.1 Å². The lowest BCUT2D eigenvalue weighted by Crippen LogP contribution is -2.26. The van der Waals surface area contributed by atoms with Crippen LogP contribution in [0, 0.1) is 0 Å². The number of phenols is 2. The summed E-state index contributed by atoms with van der Waals surface area (Å²) in [5.74, 6) is -1.18. The number of rotatable bonds is 3. The SMILES string of the molecule is COc1ccc2[nH]c(=O)c([C@H]3CC(=O)Oc4cc(O)c5c(=O)c(-c6ccc(O)cc6)coc5c43)cc2c1. The third kappa shape index (κ3) is 3.59. The van der Waals surface area contributed by atoms with Crippen LogP contribution in [0.4, 0.5) is 0 Å². The van der Waals surface area contributed by atoms with Crippen LogP contribution in [0.2, 0.25) is 0 Å². The molecule has 5 aromatic rings. The van der Waals surface area contributed by atoms with Gasteiger partial charge in [0.25, 0.3) is 5.56 Å². The smallest absolute Gasteiger partial charge is 0.312 e. The molecule has 0 unspecified atom stereocenters. The largest absolute Gasteiger partial charge is 0.508 e. The molecule has 3 N–H and O–H groups in total. The lowest BCUT2D eigenvalue weighted by molar-refractivity contribution is -0.135. The van der Waals surface area contributed by atoms with E-state index in [1.165, 1.54) is 31.6 Å². The zero-order valence-electron chi connectivity index (χ0n) is 19.4. The van der Waals surface area contributed by atoms with Crippen LogP contribution < -0.4 is 20.5 Å². The van der Waals surface area contributed by atoms with E-state index in [0.717, 1.165) is 0 Å². The molecule has 2 aromatic heterocycles. The maximum Gasteiger partial charge on any atom is 0.312 e. The number of phenolic OH excluding ortho intramolecular Hbond substituents is 2. The molecule has 0 spiro atoms. The molecule has 0 amide bonds. The minimum absolute atomic E-state index is 0.0110. The average Bonchev–Trinajstić information content (AvgIpc) is 2.88. The predicted octanol–water partition coefficient (Wildman–Crippen LogP) is 4.16. The minimum Gasteiger partial charge on any atom is -0.508 e. The van der Waals surface area contributed by atoms with Gasteiger partial charge in [-0.05, 0) is 42.0 Å². The molecule has 0 aliphatic carbocycles. The topological polar surface area (TPSA) is 139 Å². The number of benzene rings is 3. The van der Waals surface area contributed by atoms with Crippen molar-refractivity contribution >= 4 is 27.8 Å². The van der Waals surface area contributed by atoms with Crippen molar-refractivity contribution in [3.05, 3.63) is 92.6 Å². The van der Waals surface area contributed by atoms with Crippen molar-refractivity contribution in [1.29, 1.82) is 0 Å². The highest BCUT2D eigenvalue weighted by atomic mass is 16.5. The molecule has 0 saturated carbocycles. The van der Waals surface area contributed by atoms with Crippen LogP contribution in [-0.4, -0.2) is 28.3 Å². The third-order valence-corrected chi connectivity index (χ3v) is 6.60. The van der Waals surface area contributed by atoms with Gasteiger partial charge in [-0.2, -0.15) is 0 Å². The maximum absolute atomic E-state index is 13.5. The van der Waals surface area contributed by atoms with E-state index >= 15 is 0 Å². The van der Waals surface area contributed by atoms with E-state index in [1.807, 2.05) is 0 Å². The van der Waals surface area contributed by atoms with E-state index in [0.29, 0.717) is 27.8 Å². The molecule has 184 valence electrons. The summed E-state index contributed by atoms with van der Waals surface area (Å²) in [4.78, 5) is 42.0. The lowest BCUT2D eigenvalue weighted by atomic mass is 9.85. The Kier molecular flexibility index (Phi) is 5.01. The van der Waals surface area contributed by atoms with Crippen LogP contribution in [0.15, 0.2) is 74.9 Å². The van der Waals surface area contributed by atoms with Crippen LogP contribution in [0.1, 0.15) is 23.5 Å². The average molecular weight is 497 g/mol. The number of methoxy groups -OCH3 is 1. The van der Waals surface area contributed by atoms with Gasteiger partial charge in [0.05, 0.1) is 19.1 Å². The Morgan fingerprint density at radius 2 is 1.78 bits per heavy atom. The number of carbonyl (C=O) groups excluding carboxylic acids is 1. The van der Waals surface area contributed by atoms with Crippen molar-refractivity contribution in [2.24, 2.45) is 0 Å². The summed E-state index contributed by atoms with van der Waals surface area (Å²) in [6.45, 7) is 0. The van der Waals surface area contributed by atoms with Gasteiger partial charge in [0.15, 0.2) is 0 Å². The Morgan fingerprint density at radius 3 is 2.54 bits per heavy atom. The Balaban J connectivity index is 1.61. The Bertz CT molecular complexity index is 1850. The number of aromatic hydroxyl groups is 2. The van der Waals surface area contributed by atoms with Gasteiger partial charge in [-0.25, -0.2) is 0 Å². The van der Waals surface area contributed by atoms with E-state index in [4.69, 9.17) is 13.9 Å². The first kappa shape index (κ1) is 22.4. The second-order valence-electron chi connectivity index (χ2n) is 8.77. The highest BCUT2D eigenvalue weighted by molar-refractivity contribution is 5.94. The van der Waals surface area contributed by atoms with Crippen molar-refractivity contribution in [2.75, 3.05) is 7.11 Å². The van der Waals surface area contributed by atoms with Gasteiger partial charge in [-0.1, -0.05) is 12.1 Å². The summed E-state index contributed by atoms with van der Waals surface area (Å²) in [5, 5.41) is 20.9. The second kappa shape index (κ2) is 8.27. The fourth-order valence-electron chi connectivity index (χ4n) is 4.83. The molecule has 1 aliphatic heterocycles. The first-order chi connectivity index (χ1) is 17.8. The molecule has 0 saturated heterocycles. The summed E-state index contributed by atoms with van der Waals surface area (Å²) in [6.07, 6.45) is 1.08. The number of hydrogen-bond donors (Lipinski definition) is 3. The molecule has 9 nitrogen and oxygen atoms in total. The van der Waals surface area contributed by atoms with Gasteiger partial charge in [0, 0.05) is 34.0 Å². The molecule has 6 rings (SSSR count). The molecule has 1 aliphatic rings. The van der Waals surface area contributed by atoms with Crippen molar-refractivity contribution in [3.63, 3.8) is 0 Å². The zero-order chi connectivity index (χ0) is 25.8. The number of ether oxygens (including phenoxy) is 2. The van der Waals surface area contributed by atoms with Crippen LogP contribution in [0.5, 0.6) is 23.0 Å². The number of aromatic nitrogens is 1. The number of carbonyl (C=O) groups is 1. The second-order valence-corrected chi connectivity index (χ2v) is 8.77. The van der Waals surface area contributed by atoms with Gasteiger partial charge in [0.2, 0.25) is 5.43 Å². The minimum atomic E-state index is -0.804. The summed E-state index contributed by atoms with van der Waals surface area (Å²) >= 11 is 0. The van der Waals surface area contributed by atoms with Crippen molar-refractivity contribution in [1.82, 2.24) is 4.98 Å². The highest BCUT2D eigenvalue weighted by Crippen LogP contribution is 2.45. The van der Waals surface area contributed by atoms with Gasteiger partial charge in [-0.15, -0.1) is 0 Å². The molecule has 3 aromatic carbocycles. The molecule has 0 fully saturated rings. The summed E-state index contributed by atoms with van der Waals surface area (Å²) in [7, 11) is 1.54. The van der Waals surface area contributed by atoms with Crippen LogP contribution >= 0.6 is 0 Å². The molecule has 0 bridgehead atoms. The summed E-state index contributed by atoms with van der Waals surface area (Å²) in [6, 6.07) is 14.0. The Morgan fingerprint density at radius 1 is 1.00 bits per heavy atom. The highest BCUT2D eigenvalue weighted by Gasteiger charge is 2.35. The van der Waals surface area contributed by atoms with Crippen LogP contribution in [-0.2, 0) is 4.79 Å². The Hall–Kier alpha value is -5.05. The standard InChI is InChI=1S/C28H19NO8/c1-35-16-6-7-20-14(8-16)9-18(28(34)29-20)17-10-23(32)37-22-11-21(31)25-26(33)19(12-36-27(25)24(17)22)13-2-4-15(30)5-3-13/h2-9,11-12,17,30-31H,10H2,1H3,(H,29,34)/t17-/m1/s1. The molecular weight excluding hydrogens is 478 g/mol. The lowest BCUT2D eigenvalue weighted by Gasteiger charge is -2.25. The van der Waals surface area contributed by atoms with E-state index in [-0.39, 0.29) is 40.0 Å². The summed E-state index contributed by atoms with van der Waals surface area (Å²) < 4.78 is 16.6. The van der Waals surface area contributed by atoms with Gasteiger partial charge in [0.1, 0.15) is 40.2 Å². The number of hydrogen-bond acceptors (Lipinski definition) is 8. The molecule has 1 atom stereocenters. The van der Waals surface area contributed by atoms with Gasteiger partial charge >= 0.3 is 5.97 Å². The molecule has 3 heterocycles. The van der Waals surface area contributed by atoms with E-state index in [2.05, 4.69) is 4.98 Å². The number of aromatic amines is 1. The normalized spacial score (nSPS) is 14.9. The van der Waals surface area contributed by atoms with Crippen molar-refractivity contribution in [2.45, 2.75) is 12.3 Å². The first-order valence-corrected chi connectivity index (χ1v) is 11.4. The maximum atomic E-state index is 13.5. The molecule has 0 radical (unpaired) electrons. The Labute approximate surface area is 208 Å². The number of nitrogens with one attached hydrogen (secondary N) is 1. The van der Waals surface area contributed by atoms with Crippen molar-refractivity contribution < 1.29 is 28.9 Å². The van der Waals surface area contributed by atoms with E-state index in [1.54, 1.807) is 36.4 Å². The number of esters is 1. The van der Waals surface area contributed by atoms with Crippen LogP contribution in [0.25, 0.3) is 33.0 Å². The third-order valence-electron chi connectivity index (χ3n) is 6.60. The van der Waals surface area contributed by atoms with Gasteiger partial charge in [-0.3, -0.25) is 14.4 Å². The van der Waals surface area contributed by atoms with E-state index < -0.39 is 28.6 Å². The molecule has 37 heavy (non-hydrogen) atoms.